The van der Waals surface area contributed by atoms with Crippen molar-refractivity contribution in [2.24, 2.45) is 0 Å². The van der Waals surface area contributed by atoms with Crippen LogP contribution in [0.3, 0.4) is 0 Å². The average molecular weight is 242 g/mol. The van der Waals surface area contributed by atoms with E-state index in [1.54, 1.807) is 18.2 Å². The molecule has 1 aromatic carbocycles. The van der Waals surface area contributed by atoms with Gasteiger partial charge < -0.3 is 5.32 Å². The van der Waals surface area contributed by atoms with Gasteiger partial charge in [0.2, 0.25) is 5.91 Å². The summed E-state index contributed by atoms with van der Waals surface area (Å²) in [5, 5.41) is 2.68. The molecule has 1 amide bonds. The molecular formula is C12H13ClFNO. The lowest BCUT2D eigenvalue weighted by Gasteiger charge is -1.98. The molecule has 0 aliphatic carbocycles. The number of hydrogen-bond acceptors (Lipinski definition) is 1. The van der Waals surface area contributed by atoms with Gasteiger partial charge in [-0.3, -0.25) is 4.79 Å². The fourth-order valence-electron chi connectivity index (χ4n) is 1.08. The quantitative estimate of drug-likeness (QED) is 0.479. The van der Waals surface area contributed by atoms with E-state index in [1.165, 1.54) is 18.2 Å². The lowest BCUT2D eigenvalue weighted by molar-refractivity contribution is -0.116. The molecule has 16 heavy (non-hydrogen) atoms. The number of nitrogens with one attached hydrogen (secondary N) is 1. The number of benzene rings is 1. The molecule has 1 aromatic rings. The first-order chi connectivity index (χ1) is 7.72. The minimum absolute atomic E-state index is 0.172. The topological polar surface area (TPSA) is 29.1 Å². The van der Waals surface area contributed by atoms with Crippen LogP contribution in [0.4, 0.5) is 4.39 Å². The molecule has 0 radical (unpaired) electrons. The van der Waals surface area contributed by atoms with E-state index in [0.717, 1.165) is 12.0 Å². The van der Waals surface area contributed by atoms with Crippen molar-refractivity contribution in [2.45, 2.75) is 6.42 Å². The number of alkyl halides is 1. The van der Waals surface area contributed by atoms with Gasteiger partial charge >= 0.3 is 0 Å². The molecule has 86 valence electrons. The van der Waals surface area contributed by atoms with Crippen molar-refractivity contribution in [1.82, 2.24) is 5.32 Å². The molecule has 1 N–H and O–H groups in total. The van der Waals surface area contributed by atoms with Crippen LogP contribution in [0.5, 0.6) is 0 Å². The first-order valence-corrected chi connectivity index (χ1v) is 5.53. The lowest BCUT2D eigenvalue weighted by Crippen LogP contribution is -2.22. The maximum Gasteiger partial charge on any atom is 0.243 e. The predicted octanol–water partition coefficient (Wildman–Crippen LogP) is 2.58. The third kappa shape index (κ3) is 4.94. The molecule has 0 saturated carbocycles. The van der Waals surface area contributed by atoms with Gasteiger partial charge in [-0.1, -0.05) is 12.1 Å². The monoisotopic (exact) mass is 241 g/mol. The minimum Gasteiger partial charge on any atom is -0.353 e. The smallest absolute Gasteiger partial charge is 0.243 e. The van der Waals surface area contributed by atoms with Crippen LogP contribution in [0.1, 0.15) is 12.0 Å². The minimum atomic E-state index is -0.288. The Kier molecular flexibility index (Phi) is 5.57. The molecule has 0 heterocycles. The maximum absolute atomic E-state index is 12.6. The Morgan fingerprint density at radius 2 is 2.06 bits per heavy atom. The van der Waals surface area contributed by atoms with Crippen LogP contribution in [0.25, 0.3) is 6.08 Å². The molecule has 0 fully saturated rings. The summed E-state index contributed by atoms with van der Waals surface area (Å²) in [6.45, 7) is 0.566. The highest BCUT2D eigenvalue weighted by Crippen LogP contribution is 2.04. The third-order valence-corrected chi connectivity index (χ3v) is 2.17. The van der Waals surface area contributed by atoms with Crippen LogP contribution >= 0.6 is 11.6 Å². The fraction of sp³-hybridized carbons (Fsp3) is 0.250. The van der Waals surface area contributed by atoms with E-state index in [2.05, 4.69) is 5.32 Å². The Balaban J connectivity index is 2.41. The molecule has 0 aliphatic heterocycles. The molecule has 0 atom stereocenters. The van der Waals surface area contributed by atoms with Crippen molar-refractivity contribution in [3.05, 3.63) is 41.7 Å². The van der Waals surface area contributed by atoms with E-state index in [0.29, 0.717) is 12.4 Å². The van der Waals surface area contributed by atoms with Crippen molar-refractivity contribution in [3.8, 4) is 0 Å². The van der Waals surface area contributed by atoms with E-state index in [4.69, 9.17) is 11.6 Å². The van der Waals surface area contributed by atoms with Crippen molar-refractivity contribution >= 4 is 23.6 Å². The number of carbonyl (C=O) groups excluding carboxylic acids is 1. The summed E-state index contributed by atoms with van der Waals surface area (Å²) in [7, 11) is 0. The van der Waals surface area contributed by atoms with Gasteiger partial charge in [-0.05, 0) is 30.2 Å². The van der Waals surface area contributed by atoms with Crippen LogP contribution in [0, 0.1) is 5.82 Å². The second-order valence-electron chi connectivity index (χ2n) is 3.22. The molecule has 1 rings (SSSR count). The first-order valence-electron chi connectivity index (χ1n) is 5.00. The molecule has 0 bridgehead atoms. The van der Waals surface area contributed by atoms with Crippen molar-refractivity contribution in [1.29, 1.82) is 0 Å². The molecular weight excluding hydrogens is 229 g/mol. The van der Waals surface area contributed by atoms with E-state index in [-0.39, 0.29) is 11.7 Å². The highest BCUT2D eigenvalue weighted by Gasteiger charge is 1.94. The van der Waals surface area contributed by atoms with Crippen LogP contribution in [0.15, 0.2) is 30.3 Å². The lowest BCUT2D eigenvalue weighted by atomic mass is 10.2. The number of halogens is 2. The Morgan fingerprint density at radius 3 is 2.69 bits per heavy atom. The summed E-state index contributed by atoms with van der Waals surface area (Å²) < 4.78 is 12.6. The second-order valence-corrected chi connectivity index (χ2v) is 3.60. The maximum atomic E-state index is 12.6. The van der Waals surface area contributed by atoms with Gasteiger partial charge in [0.05, 0.1) is 0 Å². The number of rotatable bonds is 5. The van der Waals surface area contributed by atoms with Gasteiger partial charge in [-0.15, -0.1) is 11.6 Å². The first kappa shape index (κ1) is 12.7. The van der Waals surface area contributed by atoms with E-state index < -0.39 is 0 Å². The van der Waals surface area contributed by atoms with Crippen LogP contribution in [0.2, 0.25) is 0 Å². The van der Waals surface area contributed by atoms with Gasteiger partial charge in [-0.25, -0.2) is 4.39 Å². The van der Waals surface area contributed by atoms with Crippen molar-refractivity contribution in [3.63, 3.8) is 0 Å². The molecule has 4 heteroatoms. The third-order valence-electron chi connectivity index (χ3n) is 1.91. The van der Waals surface area contributed by atoms with Crippen LogP contribution < -0.4 is 5.32 Å². The normalized spacial score (nSPS) is 10.6. The zero-order valence-corrected chi connectivity index (χ0v) is 9.51. The fourth-order valence-corrected chi connectivity index (χ4v) is 1.22. The molecule has 0 saturated heterocycles. The molecule has 0 aliphatic rings. The molecule has 2 nitrogen and oxygen atoms in total. The summed E-state index contributed by atoms with van der Waals surface area (Å²) in [6, 6.07) is 5.92. The highest BCUT2D eigenvalue weighted by molar-refractivity contribution is 6.17. The average Bonchev–Trinajstić information content (AvgIpc) is 2.29. The van der Waals surface area contributed by atoms with Gasteiger partial charge in [0.15, 0.2) is 0 Å². The zero-order valence-electron chi connectivity index (χ0n) is 8.75. The predicted molar refractivity (Wildman–Crippen MR) is 63.8 cm³/mol. The summed E-state index contributed by atoms with van der Waals surface area (Å²) in [4.78, 5) is 11.2. The SMILES string of the molecule is O=C(/C=C/c1ccc(F)cc1)NCCCCl. The largest absolute Gasteiger partial charge is 0.353 e. The number of carbonyl (C=O) groups is 1. The van der Waals surface area contributed by atoms with E-state index >= 15 is 0 Å². The van der Waals surface area contributed by atoms with E-state index in [9.17, 15) is 9.18 Å². The second kappa shape index (κ2) is 7.01. The van der Waals surface area contributed by atoms with Crippen molar-refractivity contribution < 1.29 is 9.18 Å². The van der Waals surface area contributed by atoms with Crippen molar-refractivity contribution in [2.75, 3.05) is 12.4 Å². The van der Waals surface area contributed by atoms with Gasteiger partial charge in [0.1, 0.15) is 5.82 Å². The summed E-state index contributed by atoms with van der Waals surface area (Å²) >= 11 is 5.47. The Hall–Kier alpha value is -1.35. The Bertz CT molecular complexity index is 362. The number of hydrogen-bond donors (Lipinski definition) is 1. The summed E-state index contributed by atoms with van der Waals surface area (Å²) in [5.41, 5.74) is 0.786. The molecule has 0 aromatic heterocycles. The molecule has 0 spiro atoms. The highest BCUT2D eigenvalue weighted by atomic mass is 35.5. The van der Waals surface area contributed by atoms with Gasteiger partial charge in [0.25, 0.3) is 0 Å². The Morgan fingerprint density at radius 1 is 1.38 bits per heavy atom. The van der Waals surface area contributed by atoms with Gasteiger partial charge in [-0.2, -0.15) is 0 Å². The van der Waals surface area contributed by atoms with Crippen LogP contribution in [-0.4, -0.2) is 18.3 Å². The van der Waals surface area contributed by atoms with E-state index in [1.807, 2.05) is 0 Å². The zero-order chi connectivity index (χ0) is 11.8. The van der Waals surface area contributed by atoms with Gasteiger partial charge in [0, 0.05) is 18.5 Å². The van der Waals surface area contributed by atoms with Crippen LogP contribution in [-0.2, 0) is 4.79 Å². The standard InChI is InChI=1S/C12H13ClFNO/c13-8-1-9-15-12(16)7-4-10-2-5-11(14)6-3-10/h2-7H,1,8-9H2,(H,15,16)/b7-4+. The summed E-state index contributed by atoms with van der Waals surface area (Å²) in [5.74, 6) is 0.0697. The molecule has 0 unspecified atom stereocenters. The Labute approximate surface area is 99.1 Å². The summed E-state index contributed by atoms with van der Waals surface area (Å²) in [6.07, 6.45) is 3.80. The number of amides is 1.